The van der Waals surface area contributed by atoms with Crippen LogP contribution in [-0.2, 0) is 6.61 Å². The van der Waals surface area contributed by atoms with Crippen molar-refractivity contribution in [1.29, 1.82) is 0 Å². The second-order valence-corrected chi connectivity index (χ2v) is 5.28. The van der Waals surface area contributed by atoms with Crippen molar-refractivity contribution < 1.29 is 23.0 Å². The molecule has 1 N–H and O–H groups in total. The molecule has 0 amide bonds. The number of aliphatic hydroxyl groups is 1. The second kappa shape index (κ2) is 5.85. The normalized spacial score (nSPS) is 11.7. The molecular weight excluding hydrogens is 289 g/mol. The van der Waals surface area contributed by atoms with Gasteiger partial charge in [0.25, 0.3) is 0 Å². The van der Waals surface area contributed by atoms with Gasteiger partial charge >= 0.3 is 6.18 Å². The Bertz CT molecular complexity index is 590. The summed E-state index contributed by atoms with van der Waals surface area (Å²) in [4.78, 5) is 0.967. The first-order valence-corrected chi connectivity index (χ1v) is 6.76. The van der Waals surface area contributed by atoms with Crippen LogP contribution in [0.4, 0.5) is 13.2 Å². The fraction of sp³-hybridized carbons (Fsp3) is 0.286. The van der Waals surface area contributed by atoms with Crippen molar-refractivity contribution in [2.45, 2.75) is 19.7 Å². The van der Waals surface area contributed by atoms with Crippen molar-refractivity contribution in [2.24, 2.45) is 0 Å². The van der Waals surface area contributed by atoms with Gasteiger partial charge in [-0.3, -0.25) is 0 Å². The highest BCUT2D eigenvalue weighted by Gasteiger charge is 2.28. The van der Waals surface area contributed by atoms with Crippen LogP contribution in [0.5, 0.6) is 5.75 Å². The highest BCUT2D eigenvalue weighted by Crippen LogP contribution is 2.32. The topological polar surface area (TPSA) is 29.5 Å². The highest BCUT2D eigenvalue weighted by atomic mass is 32.1. The lowest BCUT2D eigenvalue weighted by Crippen LogP contribution is -2.19. The van der Waals surface area contributed by atoms with Crippen molar-refractivity contribution >= 4 is 11.3 Å². The lowest BCUT2D eigenvalue weighted by Gasteiger charge is -2.12. The molecular formula is C14H13F3O2S. The van der Waals surface area contributed by atoms with Crippen molar-refractivity contribution in [1.82, 2.24) is 0 Å². The summed E-state index contributed by atoms with van der Waals surface area (Å²) in [6.45, 7) is 0.365. The van der Waals surface area contributed by atoms with Crippen molar-refractivity contribution in [3.8, 4) is 16.2 Å². The molecule has 0 saturated heterocycles. The summed E-state index contributed by atoms with van der Waals surface area (Å²) in [5, 5.41) is 11.3. The molecule has 2 nitrogen and oxygen atoms in total. The fourth-order valence-electron chi connectivity index (χ4n) is 1.77. The van der Waals surface area contributed by atoms with Gasteiger partial charge < -0.3 is 9.84 Å². The molecule has 108 valence electrons. The number of hydrogen-bond acceptors (Lipinski definition) is 3. The Balaban J connectivity index is 2.24. The minimum absolute atomic E-state index is 0.100. The predicted molar refractivity (Wildman–Crippen MR) is 72.0 cm³/mol. The van der Waals surface area contributed by atoms with Gasteiger partial charge in [-0.2, -0.15) is 13.2 Å². The van der Waals surface area contributed by atoms with Gasteiger partial charge in [-0.05, 0) is 53.3 Å². The Labute approximate surface area is 118 Å². The van der Waals surface area contributed by atoms with Gasteiger partial charge in [0.2, 0.25) is 0 Å². The van der Waals surface area contributed by atoms with E-state index in [9.17, 15) is 18.3 Å². The van der Waals surface area contributed by atoms with E-state index >= 15 is 0 Å². The summed E-state index contributed by atoms with van der Waals surface area (Å²) in [5.74, 6) is 0.100. The molecule has 2 rings (SSSR count). The zero-order valence-electron chi connectivity index (χ0n) is 10.7. The van der Waals surface area contributed by atoms with Crippen LogP contribution in [0.15, 0.2) is 29.6 Å². The van der Waals surface area contributed by atoms with E-state index in [1.165, 1.54) is 23.5 Å². The van der Waals surface area contributed by atoms with E-state index in [4.69, 9.17) is 0 Å². The van der Waals surface area contributed by atoms with Gasteiger partial charge in [0.05, 0.1) is 6.61 Å². The molecule has 0 aliphatic heterocycles. The largest absolute Gasteiger partial charge is 0.484 e. The Kier molecular flexibility index (Phi) is 4.35. The molecule has 0 radical (unpaired) electrons. The van der Waals surface area contributed by atoms with E-state index in [0.717, 1.165) is 16.0 Å². The van der Waals surface area contributed by atoms with E-state index < -0.39 is 12.8 Å². The van der Waals surface area contributed by atoms with E-state index in [0.29, 0.717) is 5.56 Å². The fourth-order valence-corrected chi connectivity index (χ4v) is 2.73. The van der Waals surface area contributed by atoms with Gasteiger partial charge in [-0.15, -0.1) is 11.3 Å². The Morgan fingerprint density at radius 1 is 1.25 bits per heavy atom. The molecule has 20 heavy (non-hydrogen) atoms. The number of thiophene rings is 1. The van der Waals surface area contributed by atoms with Gasteiger partial charge in [0, 0.05) is 4.88 Å². The maximum atomic E-state index is 12.1. The molecule has 0 atom stereocenters. The van der Waals surface area contributed by atoms with Crippen molar-refractivity contribution in [3.63, 3.8) is 0 Å². The number of halogens is 3. The van der Waals surface area contributed by atoms with Crippen LogP contribution < -0.4 is 4.74 Å². The van der Waals surface area contributed by atoms with E-state index in [2.05, 4.69) is 4.74 Å². The number of ether oxygens (including phenoxy) is 1. The maximum Gasteiger partial charge on any atom is 0.422 e. The summed E-state index contributed by atoms with van der Waals surface area (Å²) in [6.07, 6.45) is -4.37. The van der Waals surface area contributed by atoms with Crippen LogP contribution >= 0.6 is 11.3 Å². The summed E-state index contributed by atoms with van der Waals surface area (Å²) in [6, 6.07) is 6.56. The van der Waals surface area contributed by atoms with Crippen LogP contribution in [0.1, 0.15) is 11.1 Å². The van der Waals surface area contributed by atoms with E-state index in [-0.39, 0.29) is 12.4 Å². The highest BCUT2D eigenvalue weighted by molar-refractivity contribution is 7.13. The first-order valence-electron chi connectivity index (χ1n) is 5.88. The molecule has 1 aromatic carbocycles. The standard InChI is InChI=1S/C14H13F3O2S/c1-9-4-13(20-7-9)12-3-2-11(5-10(12)6-18)19-8-14(15,16)17/h2-5,7,18H,6,8H2,1H3. The SMILES string of the molecule is Cc1csc(-c2ccc(OCC(F)(F)F)cc2CO)c1. The third-order valence-corrected chi connectivity index (χ3v) is 3.73. The van der Waals surface area contributed by atoms with Crippen molar-refractivity contribution in [3.05, 3.63) is 40.8 Å². The van der Waals surface area contributed by atoms with Gasteiger partial charge in [-0.25, -0.2) is 0 Å². The molecule has 2 aromatic rings. The Hall–Kier alpha value is -1.53. The first-order chi connectivity index (χ1) is 9.39. The predicted octanol–water partition coefficient (Wildman–Crippen LogP) is 4.16. The van der Waals surface area contributed by atoms with E-state index in [1.807, 2.05) is 18.4 Å². The smallest absolute Gasteiger partial charge is 0.422 e. The molecule has 0 spiro atoms. The molecule has 0 aliphatic rings. The first kappa shape index (κ1) is 14.9. The Morgan fingerprint density at radius 3 is 2.55 bits per heavy atom. The summed E-state index contributed by atoms with van der Waals surface area (Å²) in [7, 11) is 0. The van der Waals surface area contributed by atoms with Gasteiger partial charge in [-0.1, -0.05) is 0 Å². The molecule has 0 bridgehead atoms. The number of benzene rings is 1. The minimum atomic E-state index is -4.37. The monoisotopic (exact) mass is 302 g/mol. The van der Waals surface area contributed by atoms with Crippen LogP contribution in [-0.4, -0.2) is 17.9 Å². The third-order valence-electron chi connectivity index (χ3n) is 2.65. The third kappa shape index (κ3) is 3.74. The molecule has 1 aromatic heterocycles. The van der Waals surface area contributed by atoms with Crippen molar-refractivity contribution in [2.75, 3.05) is 6.61 Å². The zero-order chi connectivity index (χ0) is 14.8. The number of hydrogen-bond donors (Lipinski definition) is 1. The lowest BCUT2D eigenvalue weighted by molar-refractivity contribution is -0.153. The molecule has 6 heteroatoms. The number of alkyl halides is 3. The second-order valence-electron chi connectivity index (χ2n) is 4.37. The van der Waals surface area contributed by atoms with Gasteiger partial charge in [0.15, 0.2) is 6.61 Å². The van der Waals surface area contributed by atoms with E-state index in [1.54, 1.807) is 6.07 Å². The van der Waals surface area contributed by atoms with Crippen LogP contribution in [0.25, 0.3) is 10.4 Å². The molecule has 0 fully saturated rings. The zero-order valence-corrected chi connectivity index (χ0v) is 11.5. The number of rotatable bonds is 4. The summed E-state index contributed by atoms with van der Waals surface area (Å²) in [5.41, 5.74) is 2.46. The summed E-state index contributed by atoms with van der Waals surface area (Å²) < 4.78 is 41.0. The average Bonchev–Trinajstić information content (AvgIpc) is 2.81. The maximum absolute atomic E-state index is 12.1. The number of aliphatic hydroxyl groups excluding tert-OH is 1. The molecule has 0 aliphatic carbocycles. The number of aryl methyl sites for hydroxylation is 1. The molecule has 1 heterocycles. The van der Waals surface area contributed by atoms with Gasteiger partial charge in [0.1, 0.15) is 5.75 Å². The van der Waals surface area contributed by atoms with Crippen LogP contribution in [0.3, 0.4) is 0 Å². The van der Waals surface area contributed by atoms with Crippen LogP contribution in [0.2, 0.25) is 0 Å². The molecule has 0 saturated carbocycles. The minimum Gasteiger partial charge on any atom is -0.484 e. The lowest BCUT2D eigenvalue weighted by atomic mass is 10.1. The molecule has 0 unspecified atom stereocenters. The average molecular weight is 302 g/mol. The quantitative estimate of drug-likeness (QED) is 0.919. The summed E-state index contributed by atoms with van der Waals surface area (Å²) >= 11 is 1.52. The van der Waals surface area contributed by atoms with Crippen LogP contribution in [0, 0.1) is 6.92 Å². The Morgan fingerprint density at radius 2 is 2.00 bits per heavy atom.